The van der Waals surface area contributed by atoms with Gasteiger partial charge in [-0.05, 0) is 6.07 Å². The van der Waals surface area contributed by atoms with E-state index in [0.29, 0.717) is 34.5 Å². The lowest BCUT2D eigenvalue weighted by Gasteiger charge is -1.97. The highest BCUT2D eigenvalue weighted by molar-refractivity contribution is 6.35. The molecule has 3 rings (SSSR count). The summed E-state index contributed by atoms with van der Waals surface area (Å²) in [4.78, 5) is 8.28. The second kappa shape index (κ2) is 5.76. The molecule has 3 heterocycles. The maximum Gasteiger partial charge on any atom is 0.280 e. The van der Waals surface area contributed by atoms with Crippen molar-refractivity contribution < 1.29 is 4.52 Å². The lowest BCUT2D eigenvalue weighted by atomic mass is 10.3. The Bertz CT molecular complexity index is 770. The van der Waals surface area contributed by atoms with Gasteiger partial charge in [0.2, 0.25) is 5.82 Å². The summed E-state index contributed by atoms with van der Waals surface area (Å²) in [5.74, 6) is 0.473. The third kappa shape index (κ3) is 2.87. The quantitative estimate of drug-likeness (QED) is 0.776. The molecule has 0 aliphatic rings. The van der Waals surface area contributed by atoms with Crippen LogP contribution in [0.25, 0.3) is 23.1 Å². The number of halogens is 2. The van der Waals surface area contributed by atoms with Crippen molar-refractivity contribution in [3.05, 3.63) is 28.5 Å². The summed E-state index contributed by atoms with van der Waals surface area (Å²) in [6.07, 6.45) is 3.12. The van der Waals surface area contributed by atoms with Crippen LogP contribution >= 0.6 is 23.2 Å². The van der Waals surface area contributed by atoms with Crippen LogP contribution in [0.4, 0.5) is 0 Å². The Morgan fingerprint density at radius 3 is 2.95 bits per heavy atom. The monoisotopic (exact) mass is 325 g/mol. The van der Waals surface area contributed by atoms with E-state index in [0.717, 1.165) is 0 Å². The largest absolute Gasteiger partial charge is 0.332 e. The maximum atomic E-state index is 6.05. The molecular formula is C11H9Cl2N7O. The smallest absolute Gasteiger partial charge is 0.280 e. The third-order valence-electron chi connectivity index (χ3n) is 2.56. The van der Waals surface area contributed by atoms with E-state index in [2.05, 4.69) is 25.4 Å². The molecule has 0 saturated heterocycles. The van der Waals surface area contributed by atoms with Crippen LogP contribution in [0.3, 0.4) is 0 Å². The summed E-state index contributed by atoms with van der Waals surface area (Å²) in [6, 6.07) is 1.55. The second-order valence-corrected chi connectivity index (χ2v) is 4.91. The summed E-state index contributed by atoms with van der Waals surface area (Å²) >= 11 is 11.8. The Morgan fingerprint density at radius 2 is 2.19 bits per heavy atom. The normalized spacial score (nSPS) is 11.0. The SMILES string of the molecule is NCCn1cc(-c2nc(-c3ncc(Cl)cc3Cl)no2)nn1. The minimum atomic E-state index is 0.223. The van der Waals surface area contributed by atoms with Gasteiger partial charge in [-0.1, -0.05) is 33.6 Å². The van der Waals surface area contributed by atoms with Gasteiger partial charge in [-0.25, -0.2) is 4.98 Å². The van der Waals surface area contributed by atoms with Crippen molar-refractivity contribution in [2.75, 3.05) is 6.54 Å². The Kier molecular flexibility index (Phi) is 3.82. The molecule has 0 unspecified atom stereocenters. The molecule has 8 nitrogen and oxygen atoms in total. The van der Waals surface area contributed by atoms with E-state index in [4.69, 9.17) is 33.5 Å². The predicted octanol–water partition coefficient (Wildman–Crippen LogP) is 1.66. The van der Waals surface area contributed by atoms with Gasteiger partial charge in [0.05, 0.1) is 22.8 Å². The van der Waals surface area contributed by atoms with E-state index in [-0.39, 0.29) is 11.7 Å². The average molecular weight is 326 g/mol. The molecule has 0 aromatic carbocycles. The molecule has 2 N–H and O–H groups in total. The van der Waals surface area contributed by atoms with Crippen molar-refractivity contribution in [3.63, 3.8) is 0 Å². The first-order valence-corrected chi connectivity index (χ1v) is 6.68. The predicted molar refractivity (Wildman–Crippen MR) is 75.6 cm³/mol. The number of hydrogen-bond donors (Lipinski definition) is 1. The van der Waals surface area contributed by atoms with Crippen LogP contribution in [0.5, 0.6) is 0 Å². The number of pyridine rings is 1. The Morgan fingerprint density at radius 1 is 1.33 bits per heavy atom. The van der Waals surface area contributed by atoms with Gasteiger partial charge in [0.1, 0.15) is 5.69 Å². The van der Waals surface area contributed by atoms with Crippen molar-refractivity contribution in [3.8, 4) is 23.1 Å². The van der Waals surface area contributed by atoms with Crippen molar-refractivity contribution in [1.82, 2.24) is 30.1 Å². The summed E-state index contributed by atoms with van der Waals surface area (Å²) < 4.78 is 6.73. The molecule has 0 bridgehead atoms. The molecule has 3 aromatic heterocycles. The van der Waals surface area contributed by atoms with Crippen LogP contribution in [0.1, 0.15) is 0 Å². The van der Waals surface area contributed by atoms with Gasteiger partial charge in [0.15, 0.2) is 5.69 Å². The fourth-order valence-corrected chi connectivity index (χ4v) is 2.11. The standard InChI is InChI=1S/C11H9Cl2N7O/c12-6-3-7(13)9(15-4-6)10-16-11(21-18-10)8-5-20(2-1-14)19-17-8/h3-5H,1-2,14H2. The van der Waals surface area contributed by atoms with Gasteiger partial charge in [-0.15, -0.1) is 5.10 Å². The van der Waals surface area contributed by atoms with E-state index in [1.807, 2.05) is 0 Å². The van der Waals surface area contributed by atoms with Crippen LogP contribution < -0.4 is 5.73 Å². The van der Waals surface area contributed by atoms with Crippen molar-refractivity contribution in [2.24, 2.45) is 5.73 Å². The average Bonchev–Trinajstić information content (AvgIpc) is 3.08. The zero-order chi connectivity index (χ0) is 14.8. The van der Waals surface area contributed by atoms with E-state index in [1.165, 1.54) is 6.20 Å². The molecule has 0 fully saturated rings. The van der Waals surface area contributed by atoms with Gasteiger partial charge < -0.3 is 10.3 Å². The first-order valence-electron chi connectivity index (χ1n) is 5.93. The number of nitrogens with two attached hydrogens (primary N) is 1. The molecule has 108 valence electrons. The third-order valence-corrected chi connectivity index (χ3v) is 3.06. The molecule has 0 saturated carbocycles. The topological polar surface area (TPSA) is 109 Å². The molecule has 0 spiro atoms. The molecule has 0 aliphatic carbocycles. The van der Waals surface area contributed by atoms with Crippen LogP contribution in [-0.4, -0.2) is 36.7 Å². The Labute approximate surface area is 128 Å². The maximum absolute atomic E-state index is 6.05. The van der Waals surface area contributed by atoms with E-state index in [9.17, 15) is 0 Å². The van der Waals surface area contributed by atoms with E-state index in [1.54, 1.807) is 16.9 Å². The number of aromatic nitrogens is 6. The highest BCUT2D eigenvalue weighted by atomic mass is 35.5. The molecule has 0 aliphatic heterocycles. The minimum Gasteiger partial charge on any atom is -0.332 e. The highest BCUT2D eigenvalue weighted by Gasteiger charge is 2.17. The molecule has 10 heteroatoms. The van der Waals surface area contributed by atoms with Gasteiger partial charge in [0, 0.05) is 12.7 Å². The number of hydrogen-bond acceptors (Lipinski definition) is 7. The molecule has 0 amide bonds. The van der Waals surface area contributed by atoms with Crippen LogP contribution in [0.15, 0.2) is 23.0 Å². The molecule has 0 radical (unpaired) electrons. The van der Waals surface area contributed by atoms with Crippen LogP contribution in [-0.2, 0) is 6.54 Å². The van der Waals surface area contributed by atoms with Crippen molar-refractivity contribution in [2.45, 2.75) is 6.54 Å². The van der Waals surface area contributed by atoms with Gasteiger partial charge in [-0.3, -0.25) is 4.68 Å². The highest BCUT2D eigenvalue weighted by Crippen LogP contribution is 2.27. The summed E-state index contributed by atoms with van der Waals surface area (Å²) in [5.41, 5.74) is 6.27. The lowest BCUT2D eigenvalue weighted by Crippen LogP contribution is -2.10. The zero-order valence-corrected chi connectivity index (χ0v) is 12.1. The van der Waals surface area contributed by atoms with E-state index >= 15 is 0 Å². The Hall–Kier alpha value is -2.03. The van der Waals surface area contributed by atoms with Gasteiger partial charge in [0.25, 0.3) is 5.89 Å². The second-order valence-electron chi connectivity index (χ2n) is 4.06. The first kappa shape index (κ1) is 13.9. The number of nitrogens with zero attached hydrogens (tertiary/aromatic N) is 6. The van der Waals surface area contributed by atoms with Crippen molar-refractivity contribution >= 4 is 23.2 Å². The zero-order valence-electron chi connectivity index (χ0n) is 10.6. The van der Waals surface area contributed by atoms with Crippen LogP contribution in [0.2, 0.25) is 10.0 Å². The van der Waals surface area contributed by atoms with Gasteiger partial charge in [-0.2, -0.15) is 4.98 Å². The summed E-state index contributed by atoms with van der Waals surface area (Å²) in [7, 11) is 0. The molecular weight excluding hydrogens is 317 g/mol. The summed E-state index contributed by atoms with van der Waals surface area (Å²) in [5, 5.41) is 12.4. The number of rotatable bonds is 4. The first-order chi connectivity index (χ1) is 10.2. The fraction of sp³-hybridized carbons (Fsp3) is 0.182. The molecule has 3 aromatic rings. The minimum absolute atomic E-state index is 0.223. The lowest BCUT2D eigenvalue weighted by molar-refractivity contribution is 0.430. The fourth-order valence-electron chi connectivity index (χ4n) is 1.64. The van der Waals surface area contributed by atoms with Gasteiger partial charge >= 0.3 is 0 Å². The summed E-state index contributed by atoms with van der Waals surface area (Å²) in [6.45, 7) is 1.01. The molecule has 21 heavy (non-hydrogen) atoms. The van der Waals surface area contributed by atoms with Crippen molar-refractivity contribution in [1.29, 1.82) is 0 Å². The molecule has 0 atom stereocenters. The Balaban J connectivity index is 1.91. The van der Waals surface area contributed by atoms with E-state index < -0.39 is 0 Å². The van der Waals surface area contributed by atoms with Crippen LogP contribution in [0, 0.1) is 0 Å².